The summed E-state index contributed by atoms with van der Waals surface area (Å²) in [5.41, 5.74) is 3.55. The van der Waals surface area contributed by atoms with Crippen LogP contribution in [0.15, 0.2) is 60.7 Å². The Labute approximate surface area is 194 Å². The van der Waals surface area contributed by atoms with Crippen molar-refractivity contribution in [2.45, 2.75) is 25.8 Å². The highest BCUT2D eigenvalue weighted by molar-refractivity contribution is 5.96. The molecule has 0 saturated carbocycles. The Morgan fingerprint density at radius 1 is 0.939 bits per heavy atom. The molecule has 1 amide bonds. The third-order valence-corrected chi connectivity index (χ3v) is 5.79. The van der Waals surface area contributed by atoms with Gasteiger partial charge >= 0.3 is 0 Å². The molecule has 3 aromatic carbocycles. The van der Waals surface area contributed by atoms with Crippen molar-refractivity contribution in [3.63, 3.8) is 0 Å². The van der Waals surface area contributed by atoms with Crippen LogP contribution < -0.4 is 24.3 Å². The van der Waals surface area contributed by atoms with Crippen LogP contribution in [0.25, 0.3) is 0 Å². The third-order valence-electron chi connectivity index (χ3n) is 5.79. The Morgan fingerprint density at radius 2 is 1.64 bits per heavy atom. The molecule has 0 saturated heterocycles. The van der Waals surface area contributed by atoms with E-state index >= 15 is 0 Å². The maximum atomic E-state index is 13.5. The number of amides is 1. The highest BCUT2D eigenvalue weighted by Crippen LogP contribution is 2.34. The van der Waals surface area contributed by atoms with Gasteiger partial charge < -0.3 is 24.3 Å². The van der Waals surface area contributed by atoms with Crippen LogP contribution >= 0.6 is 0 Å². The second kappa shape index (κ2) is 10.3. The molecule has 4 rings (SSSR count). The second-order valence-electron chi connectivity index (χ2n) is 7.84. The van der Waals surface area contributed by atoms with Crippen molar-refractivity contribution in [3.05, 3.63) is 82.9 Å². The summed E-state index contributed by atoms with van der Waals surface area (Å²) >= 11 is 0. The quantitative estimate of drug-likeness (QED) is 0.540. The minimum absolute atomic E-state index is 0.163. The SMILES string of the molecule is CCc1cc(OC)c(OC)cc1C(=O)NC(Cc1ccccc1)c1ccc2c(c1)OCCO2. The van der Waals surface area contributed by atoms with Gasteiger partial charge in [0.15, 0.2) is 23.0 Å². The smallest absolute Gasteiger partial charge is 0.252 e. The van der Waals surface area contributed by atoms with Gasteiger partial charge in [-0.1, -0.05) is 43.3 Å². The number of hydrogen-bond donors (Lipinski definition) is 1. The first-order valence-corrected chi connectivity index (χ1v) is 11.1. The Balaban J connectivity index is 1.67. The summed E-state index contributed by atoms with van der Waals surface area (Å²) in [6.07, 6.45) is 1.33. The molecule has 0 aliphatic carbocycles. The Kier molecular flexibility index (Phi) is 7.03. The lowest BCUT2D eigenvalue weighted by Gasteiger charge is -2.24. The summed E-state index contributed by atoms with van der Waals surface area (Å²) in [4.78, 5) is 13.5. The van der Waals surface area contributed by atoms with Crippen LogP contribution in [0.5, 0.6) is 23.0 Å². The fourth-order valence-corrected chi connectivity index (χ4v) is 4.04. The van der Waals surface area contributed by atoms with Crippen LogP contribution in [0.3, 0.4) is 0 Å². The van der Waals surface area contributed by atoms with Crippen molar-refractivity contribution in [2.24, 2.45) is 0 Å². The number of aryl methyl sites for hydroxylation is 1. The first-order chi connectivity index (χ1) is 16.1. The number of hydrogen-bond acceptors (Lipinski definition) is 5. The molecule has 1 unspecified atom stereocenters. The van der Waals surface area contributed by atoms with Crippen molar-refractivity contribution in [1.82, 2.24) is 5.32 Å². The fourth-order valence-electron chi connectivity index (χ4n) is 4.04. The number of fused-ring (bicyclic) bond motifs is 1. The zero-order valence-electron chi connectivity index (χ0n) is 19.2. The van der Waals surface area contributed by atoms with Crippen LogP contribution in [0.4, 0.5) is 0 Å². The summed E-state index contributed by atoms with van der Waals surface area (Å²) in [5, 5.41) is 3.24. The zero-order chi connectivity index (χ0) is 23.2. The van der Waals surface area contributed by atoms with Crippen LogP contribution in [-0.2, 0) is 12.8 Å². The number of benzene rings is 3. The second-order valence-corrected chi connectivity index (χ2v) is 7.84. The molecule has 1 atom stereocenters. The van der Waals surface area contributed by atoms with E-state index in [0.29, 0.717) is 48.9 Å². The average Bonchev–Trinajstić information content (AvgIpc) is 2.87. The van der Waals surface area contributed by atoms with Gasteiger partial charge in [0.25, 0.3) is 5.91 Å². The van der Waals surface area contributed by atoms with E-state index in [-0.39, 0.29) is 11.9 Å². The van der Waals surface area contributed by atoms with Gasteiger partial charge in [0.2, 0.25) is 0 Å². The molecule has 0 spiro atoms. The van der Waals surface area contributed by atoms with Crippen LogP contribution in [0, 0.1) is 0 Å². The molecular formula is C27H29NO5. The van der Waals surface area contributed by atoms with Crippen molar-refractivity contribution >= 4 is 5.91 Å². The molecule has 1 N–H and O–H groups in total. The predicted molar refractivity (Wildman–Crippen MR) is 127 cm³/mol. The standard InChI is InChI=1S/C27H29NO5/c1-4-19-15-24(30-2)25(31-3)17-21(19)27(29)28-22(14-18-8-6-5-7-9-18)20-10-11-23-26(16-20)33-13-12-32-23/h5-11,15-17,22H,4,12-14H2,1-3H3,(H,28,29). The van der Waals surface area contributed by atoms with Crippen molar-refractivity contribution in [3.8, 4) is 23.0 Å². The lowest BCUT2D eigenvalue weighted by Crippen LogP contribution is -2.31. The summed E-state index contributed by atoms with van der Waals surface area (Å²) in [5.74, 6) is 2.40. The van der Waals surface area contributed by atoms with Gasteiger partial charge in [-0.2, -0.15) is 0 Å². The van der Waals surface area contributed by atoms with Crippen LogP contribution in [-0.4, -0.2) is 33.3 Å². The Hall–Kier alpha value is -3.67. The monoisotopic (exact) mass is 447 g/mol. The molecule has 3 aromatic rings. The van der Waals surface area contributed by atoms with E-state index in [2.05, 4.69) is 17.4 Å². The fraction of sp³-hybridized carbons (Fsp3) is 0.296. The van der Waals surface area contributed by atoms with Crippen LogP contribution in [0.1, 0.15) is 40.0 Å². The minimum atomic E-state index is -0.256. The molecule has 0 fully saturated rings. The molecule has 6 heteroatoms. The number of rotatable bonds is 8. The van der Waals surface area contributed by atoms with E-state index in [0.717, 1.165) is 22.4 Å². The average molecular weight is 448 g/mol. The van der Waals surface area contributed by atoms with Gasteiger partial charge in [-0.05, 0) is 53.8 Å². The largest absolute Gasteiger partial charge is 0.493 e. The lowest BCUT2D eigenvalue weighted by atomic mass is 9.97. The molecule has 6 nitrogen and oxygen atoms in total. The molecule has 1 heterocycles. The number of methoxy groups -OCH3 is 2. The summed E-state index contributed by atoms with van der Waals surface area (Å²) < 4.78 is 22.3. The number of ether oxygens (including phenoxy) is 4. The van der Waals surface area contributed by atoms with Crippen molar-refractivity contribution < 1.29 is 23.7 Å². The molecule has 1 aliphatic rings. The molecule has 0 aromatic heterocycles. The van der Waals surface area contributed by atoms with Gasteiger partial charge in [-0.15, -0.1) is 0 Å². The van der Waals surface area contributed by atoms with E-state index in [1.165, 1.54) is 0 Å². The molecule has 0 bridgehead atoms. The predicted octanol–water partition coefficient (Wildman–Crippen LogP) is 4.75. The normalized spacial score (nSPS) is 13.2. The molecule has 0 radical (unpaired) electrons. The Morgan fingerprint density at radius 3 is 2.33 bits per heavy atom. The number of carbonyl (C=O) groups is 1. The minimum Gasteiger partial charge on any atom is -0.493 e. The summed E-state index contributed by atoms with van der Waals surface area (Å²) in [6.45, 7) is 3.06. The third kappa shape index (κ3) is 5.06. The van der Waals surface area contributed by atoms with E-state index < -0.39 is 0 Å². The van der Waals surface area contributed by atoms with Gasteiger partial charge in [0, 0.05) is 5.56 Å². The van der Waals surface area contributed by atoms with Gasteiger partial charge in [0.1, 0.15) is 13.2 Å². The van der Waals surface area contributed by atoms with Crippen molar-refractivity contribution in [2.75, 3.05) is 27.4 Å². The highest BCUT2D eigenvalue weighted by atomic mass is 16.6. The summed E-state index contributed by atoms with van der Waals surface area (Å²) in [7, 11) is 3.16. The van der Waals surface area contributed by atoms with Crippen molar-refractivity contribution in [1.29, 1.82) is 0 Å². The van der Waals surface area contributed by atoms with E-state index in [9.17, 15) is 4.79 Å². The number of carbonyl (C=O) groups excluding carboxylic acids is 1. The molecular weight excluding hydrogens is 418 g/mol. The highest BCUT2D eigenvalue weighted by Gasteiger charge is 2.22. The Bertz CT molecular complexity index is 1110. The number of nitrogens with one attached hydrogen (secondary N) is 1. The summed E-state index contributed by atoms with van der Waals surface area (Å²) in [6, 6.07) is 19.3. The van der Waals surface area contributed by atoms with E-state index in [1.54, 1.807) is 20.3 Å². The van der Waals surface area contributed by atoms with Gasteiger partial charge in [-0.3, -0.25) is 4.79 Å². The maximum Gasteiger partial charge on any atom is 0.252 e. The molecule has 172 valence electrons. The van der Waals surface area contributed by atoms with E-state index in [4.69, 9.17) is 18.9 Å². The van der Waals surface area contributed by atoms with Crippen LogP contribution in [0.2, 0.25) is 0 Å². The maximum absolute atomic E-state index is 13.5. The van der Waals surface area contributed by atoms with Gasteiger partial charge in [0.05, 0.1) is 20.3 Å². The van der Waals surface area contributed by atoms with E-state index in [1.807, 2.05) is 49.4 Å². The first-order valence-electron chi connectivity index (χ1n) is 11.1. The lowest BCUT2D eigenvalue weighted by molar-refractivity contribution is 0.0935. The topological polar surface area (TPSA) is 66.0 Å². The van der Waals surface area contributed by atoms with Gasteiger partial charge in [-0.25, -0.2) is 0 Å². The zero-order valence-corrected chi connectivity index (χ0v) is 19.2. The first kappa shape index (κ1) is 22.5. The molecule has 1 aliphatic heterocycles. The molecule has 33 heavy (non-hydrogen) atoms.